The molecule has 58 valence electrons. The topological polar surface area (TPSA) is 55.9 Å². The SMILES string of the molecule is NC1=CC(Cl)Nc2ccnn21. The van der Waals surface area contributed by atoms with Crippen LogP contribution in [-0.4, -0.2) is 15.3 Å². The predicted octanol–water partition coefficient (Wildman–Crippen LogP) is 0.631. The molecule has 0 bridgehead atoms. The van der Waals surface area contributed by atoms with Crippen LogP contribution >= 0.6 is 11.6 Å². The fraction of sp³-hybridized carbons (Fsp3) is 0.167. The molecule has 0 amide bonds. The molecule has 1 aromatic rings. The summed E-state index contributed by atoms with van der Waals surface area (Å²) in [5, 5.41) is 6.95. The number of alkyl halides is 1. The lowest BCUT2D eigenvalue weighted by Gasteiger charge is -2.17. The Bertz CT molecular complexity index is 303. The van der Waals surface area contributed by atoms with E-state index in [0.29, 0.717) is 5.82 Å². The first kappa shape index (κ1) is 6.54. The summed E-state index contributed by atoms with van der Waals surface area (Å²) in [4.78, 5) is 0. The molecule has 0 spiro atoms. The van der Waals surface area contributed by atoms with Gasteiger partial charge in [-0.2, -0.15) is 5.10 Å². The third-order valence-corrected chi connectivity index (χ3v) is 1.73. The monoisotopic (exact) mass is 170 g/mol. The highest BCUT2D eigenvalue weighted by Crippen LogP contribution is 2.18. The van der Waals surface area contributed by atoms with Gasteiger partial charge in [-0.1, -0.05) is 11.6 Å². The van der Waals surface area contributed by atoms with Crippen LogP contribution in [-0.2, 0) is 0 Å². The molecule has 1 atom stereocenters. The average Bonchev–Trinajstić information content (AvgIpc) is 2.34. The van der Waals surface area contributed by atoms with E-state index >= 15 is 0 Å². The van der Waals surface area contributed by atoms with Gasteiger partial charge < -0.3 is 11.1 Å². The third-order valence-electron chi connectivity index (χ3n) is 1.49. The van der Waals surface area contributed by atoms with E-state index in [1.807, 2.05) is 6.07 Å². The van der Waals surface area contributed by atoms with Crippen molar-refractivity contribution in [2.24, 2.45) is 5.73 Å². The van der Waals surface area contributed by atoms with Crippen LogP contribution in [0.25, 0.3) is 5.82 Å². The fourth-order valence-corrected chi connectivity index (χ4v) is 1.26. The van der Waals surface area contributed by atoms with Gasteiger partial charge in [-0.25, -0.2) is 4.68 Å². The van der Waals surface area contributed by atoms with Crippen molar-refractivity contribution in [2.75, 3.05) is 5.32 Å². The van der Waals surface area contributed by atoms with E-state index < -0.39 is 0 Å². The van der Waals surface area contributed by atoms with Crippen LogP contribution in [0, 0.1) is 0 Å². The third kappa shape index (κ3) is 0.952. The molecule has 2 rings (SSSR count). The summed E-state index contributed by atoms with van der Waals surface area (Å²) >= 11 is 5.79. The molecule has 2 heterocycles. The van der Waals surface area contributed by atoms with Gasteiger partial charge in [0.15, 0.2) is 0 Å². The zero-order valence-corrected chi connectivity index (χ0v) is 6.42. The summed E-state index contributed by atoms with van der Waals surface area (Å²) in [6.45, 7) is 0. The highest BCUT2D eigenvalue weighted by Gasteiger charge is 2.13. The molecule has 0 saturated carbocycles. The van der Waals surface area contributed by atoms with Gasteiger partial charge in [0.25, 0.3) is 0 Å². The lowest BCUT2D eigenvalue weighted by atomic mass is 10.4. The minimum Gasteiger partial charge on any atom is -0.384 e. The van der Waals surface area contributed by atoms with E-state index in [9.17, 15) is 0 Å². The molecular formula is C6H7ClN4. The van der Waals surface area contributed by atoms with Gasteiger partial charge in [-0.05, 0) is 6.08 Å². The summed E-state index contributed by atoms with van der Waals surface area (Å²) in [7, 11) is 0. The van der Waals surface area contributed by atoms with E-state index in [2.05, 4.69) is 10.4 Å². The summed E-state index contributed by atoms with van der Waals surface area (Å²) in [6.07, 6.45) is 3.36. The molecule has 0 radical (unpaired) electrons. The van der Waals surface area contributed by atoms with Crippen molar-refractivity contribution in [3.63, 3.8) is 0 Å². The number of rotatable bonds is 0. The maximum atomic E-state index is 5.79. The molecule has 11 heavy (non-hydrogen) atoms. The van der Waals surface area contributed by atoms with Crippen LogP contribution in [0.15, 0.2) is 18.3 Å². The second-order valence-corrected chi connectivity index (χ2v) is 2.74. The fourth-order valence-electron chi connectivity index (χ4n) is 1.02. The number of fused-ring (bicyclic) bond motifs is 1. The number of aromatic nitrogens is 2. The second-order valence-electron chi connectivity index (χ2n) is 2.27. The molecule has 4 nitrogen and oxygen atoms in total. The highest BCUT2D eigenvalue weighted by molar-refractivity contribution is 6.23. The van der Waals surface area contributed by atoms with E-state index in [4.69, 9.17) is 17.3 Å². The van der Waals surface area contributed by atoms with Gasteiger partial charge in [0.1, 0.15) is 17.1 Å². The minimum absolute atomic E-state index is 0.237. The van der Waals surface area contributed by atoms with Crippen LogP contribution < -0.4 is 11.1 Å². The summed E-state index contributed by atoms with van der Waals surface area (Å²) in [6, 6.07) is 1.81. The first-order valence-electron chi connectivity index (χ1n) is 3.19. The zero-order chi connectivity index (χ0) is 7.84. The van der Waals surface area contributed by atoms with Crippen LogP contribution in [0.3, 0.4) is 0 Å². The van der Waals surface area contributed by atoms with Gasteiger partial charge in [0.2, 0.25) is 0 Å². The molecule has 0 aromatic carbocycles. The molecule has 1 aromatic heterocycles. The number of halogens is 1. The van der Waals surface area contributed by atoms with Crippen LogP contribution in [0.4, 0.5) is 5.82 Å². The van der Waals surface area contributed by atoms with Crippen molar-refractivity contribution >= 4 is 23.2 Å². The summed E-state index contributed by atoms with van der Waals surface area (Å²) in [5.41, 5.74) is 5.38. The molecule has 1 aliphatic rings. The number of nitrogens with zero attached hydrogens (tertiary/aromatic N) is 2. The molecule has 3 N–H and O–H groups in total. The number of hydrogen-bond acceptors (Lipinski definition) is 3. The Hall–Kier alpha value is -1.16. The molecule has 0 saturated heterocycles. The summed E-state index contributed by atoms with van der Waals surface area (Å²) < 4.78 is 1.60. The Balaban J connectivity index is 2.50. The van der Waals surface area contributed by atoms with Gasteiger partial charge in [-0.3, -0.25) is 0 Å². The van der Waals surface area contributed by atoms with Crippen LogP contribution in [0.5, 0.6) is 0 Å². The number of hydrogen-bond donors (Lipinski definition) is 2. The Morgan fingerprint density at radius 1 is 1.73 bits per heavy atom. The van der Waals surface area contributed by atoms with Crippen molar-refractivity contribution < 1.29 is 0 Å². The van der Waals surface area contributed by atoms with E-state index in [0.717, 1.165) is 5.82 Å². The largest absolute Gasteiger partial charge is 0.384 e. The Labute approximate surface area is 68.6 Å². The number of nitrogens with two attached hydrogens (primary N) is 1. The standard InChI is InChI=1S/C6H7ClN4/c7-4-3-5(8)11-6(10-4)1-2-9-11/h1-4,10H,8H2. The highest BCUT2D eigenvalue weighted by atomic mass is 35.5. The first-order valence-corrected chi connectivity index (χ1v) is 3.63. The molecular weight excluding hydrogens is 164 g/mol. The average molecular weight is 171 g/mol. The van der Waals surface area contributed by atoms with E-state index in [-0.39, 0.29) is 5.50 Å². The van der Waals surface area contributed by atoms with E-state index in [1.54, 1.807) is 17.0 Å². The molecule has 0 fully saturated rings. The van der Waals surface area contributed by atoms with Crippen LogP contribution in [0.1, 0.15) is 0 Å². The number of anilines is 1. The molecule has 1 aliphatic heterocycles. The minimum atomic E-state index is -0.237. The lowest BCUT2D eigenvalue weighted by molar-refractivity contribution is 0.860. The Kier molecular flexibility index (Phi) is 1.29. The number of nitrogens with one attached hydrogen (secondary N) is 1. The first-order chi connectivity index (χ1) is 5.27. The van der Waals surface area contributed by atoms with Gasteiger partial charge in [0, 0.05) is 6.07 Å². The molecule has 5 heteroatoms. The van der Waals surface area contributed by atoms with Gasteiger partial charge >= 0.3 is 0 Å². The predicted molar refractivity (Wildman–Crippen MR) is 44.0 cm³/mol. The zero-order valence-electron chi connectivity index (χ0n) is 5.66. The van der Waals surface area contributed by atoms with Gasteiger partial charge in [-0.15, -0.1) is 0 Å². The van der Waals surface area contributed by atoms with Gasteiger partial charge in [0.05, 0.1) is 6.20 Å². The van der Waals surface area contributed by atoms with Crippen molar-refractivity contribution in [2.45, 2.75) is 5.50 Å². The van der Waals surface area contributed by atoms with Crippen molar-refractivity contribution in [1.29, 1.82) is 0 Å². The van der Waals surface area contributed by atoms with Crippen molar-refractivity contribution in [3.8, 4) is 0 Å². The lowest BCUT2D eigenvalue weighted by Crippen LogP contribution is -2.23. The smallest absolute Gasteiger partial charge is 0.132 e. The maximum Gasteiger partial charge on any atom is 0.132 e. The van der Waals surface area contributed by atoms with Crippen molar-refractivity contribution in [3.05, 3.63) is 18.3 Å². The van der Waals surface area contributed by atoms with Crippen LogP contribution in [0.2, 0.25) is 0 Å². The normalized spacial score (nSPS) is 21.9. The summed E-state index contributed by atoms with van der Waals surface area (Å²) in [5.74, 6) is 1.38. The molecule has 1 unspecified atom stereocenters. The quantitative estimate of drug-likeness (QED) is 0.444. The van der Waals surface area contributed by atoms with E-state index in [1.165, 1.54) is 0 Å². The van der Waals surface area contributed by atoms with Crippen molar-refractivity contribution in [1.82, 2.24) is 9.78 Å². The maximum absolute atomic E-state index is 5.79. The molecule has 0 aliphatic carbocycles. The Morgan fingerprint density at radius 2 is 2.55 bits per heavy atom. The second kappa shape index (κ2) is 2.17. The Morgan fingerprint density at radius 3 is 3.36 bits per heavy atom.